The third kappa shape index (κ3) is 4.65. The summed E-state index contributed by atoms with van der Waals surface area (Å²) in [4.78, 5) is 0. The lowest BCUT2D eigenvalue weighted by molar-refractivity contribution is -0.906. The van der Waals surface area contributed by atoms with Crippen LogP contribution in [0.5, 0.6) is 0 Å². The Bertz CT molecular complexity index is 287. The monoisotopic (exact) mass is 228 g/mol. The van der Waals surface area contributed by atoms with Crippen LogP contribution in [-0.2, 0) is 6.54 Å². The van der Waals surface area contributed by atoms with Crippen molar-refractivity contribution in [1.82, 2.24) is 0 Å². The van der Waals surface area contributed by atoms with E-state index in [4.69, 9.17) is 11.6 Å². The Morgan fingerprint density at radius 1 is 1.27 bits per heavy atom. The molecule has 0 spiro atoms. The Labute approximate surface area is 96.7 Å². The molecule has 0 aliphatic heterocycles. The molecule has 0 saturated heterocycles. The molecule has 1 aromatic carbocycles. The number of benzene rings is 1. The number of likely N-dealkylation sites (N-methyl/N-ethyl adjacent to an activating group) is 1. The molecule has 0 amide bonds. The van der Waals surface area contributed by atoms with Crippen molar-refractivity contribution in [3.05, 3.63) is 35.9 Å². The molecule has 1 atom stereocenters. The lowest BCUT2D eigenvalue weighted by Gasteiger charge is -2.31. The molecule has 0 aromatic heterocycles. The molecular formula is C12H19ClNO+. The number of hydrogen-bond acceptors (Lipinski definition) is 1. The van der Waals surface area contributed by atoms with Crippen LogP contribution in [0.2, 0.25) is 0 Å². The molecule has 1 unspecified atom stereocenters. The van der Waals surface area contributed by atoms with Crippen LogP contribution in [0.15, 0.2) is 30.3 Å². The minimum atomic E-state index is -0.426. The predicted octanol–water partition coefficient (Wildman–Crippen LogP) is 1.86. The summed E-state index contributed by atoms with van der Waals surface area (Å²) in [5.74, 6) is 0.302. The maximum absolute atomic E-state index is 9.52. The van der Waals surface area contributed by atoms with Gasteiger partial charge < -0.3 is 9.59 Å². The fourth-order valence-corrected chi connectivity index (χ4v) is 1.86. The van der Waals surface area contributed by atoms with Crippen molar-refractivity contribution in [2.24, 2.45) is 0 Å². The molecule has 0 aliphatic rings. The Morgan fingerprint density at radius 3 is 2.40 bits per heavy atom. The van der Waals surface area contributed by atoms with Crippen molar-refractivity contribution in [2.75, 3.05) is 26.5 Å². The second kappa shape index (κ2) is 5.50. The summed E-state index contributed by atoms with van der Waals surface area (Å²) in [6.07, 6.45) is -0.426. The molecule has 0 bridgehead atoms. The van der Waals surface area contributed by atoms with Crippen LogP contribution in [0.1, 0.15) is 5.56 Å². The highest BCUT2D eigenvalue weighted by atomic mass is 35.5. The minimum absolute atomic E-state index is 0.302. The lowest BCUT2D eigenvalue weighted by Crippen LogP contribution is -2.45. The second-order valence-corrected chi connectivity index (χ2v) is 4.88. The van der Waals surface area contributed by atoms with Crippen molar-refractivity contribution in [1.29, 1.82) is 0 Å². The fourth-order valence-electron chi connectivity index (χ4n) is 1.76. The summed E-state index contributed by atoms with van der Waals surface area (Å²) in [5, 5.41) is 9.52. The quantitative estimate of drug-likeness (QED) is 0.603. The summed E-state index contributed by atoms with van der Waals surface area (Å²) >= 11 is 5.60. The van der Waals surface area contributed by atoms with Gasteiger partial charge in [-0.2, -0.15) is 0 Å². The molecule has 15 heavy (non-hydrogen) atoms. The van der Waals surface area contributed by atoms with E-state index in [-0.39, 0.29) is 0 Å². The number of halogens is 1. The number of alkyl halides is 1. The van der Waals surface area contributed by atoms with Crippen molar-refractivity contribution in [3.8, 4) is 0 Å². The molecule has 1 aromatic rings. The van der Waals surface area contributed by atoms with Gasteiger partial charge in [0.05, 0.1) is 20.0 Å². The van der Waals surface area contributed by atoms with Gasteiger partial charge in [0, 0.05) is 5.56 Å². The highest BCUT2D eigenvalue weighted by molar-refractivity contribution is 6.18. The van der Waals surface area contributed by atoms with Crippen molar-refractivity contribution in [3.63, 3.8) is 0 Å². The molecule has 1 N–H and O–H groups in total. The van der Waals surface area contributed by atoms with Gasteiger partial charge in [-0.25, -0.2) is 0 Å². The third-order valence-electron chi connectivity index (χ3n) is 2.34. The average Bonchev–Trinajstić information content (AvgIpc) is 2.17. The van der Waals surface area contributed by atoms with Crippen molar-refractivity contribution < 1.29 is 9.59 Å². The molecule has 1 rings (SSSR count). The number of hydrogen-bond donors (Lipinski definition) is 1. The standard InChI is InChI=1S/C12H19ClNO/c1-14(2,10-12(15)8-13)9-11-6-4-3-5-7-11/h3-7,12,15H,8-10H2,1-2H3/q+1. The number of quaternary nitrogens is 1. The topological polar surface area (TPSA) is 20.2 Å². The number of nitrogens with zero attached hydrogens (tertiary/aromatic N) is 1. The van der Waals surface area contributed by atoms with Crippen molar-refractivity contribution in [2.45, 2.75) is 12.6 Å². The van der Waals surface area contributed by atoms with E-state index >= 15 is 0 Å². The number of aliphatic hydroxyl groups is 1. The molecule has 84 valence electrons. The largest absolute Gasteiger partial charge is 0.386 e. The zero-order valence-corrected chi connectivity index (χ0v) is 10.1. The second-order valence-electron chi connectivity index (χ2n) is 4.57. The van der Waals surface area contributed by atoms with Gasteiger partial charge in [0.1, 0.15) is 19.2 Å². The molecule has 3 heteroatoms. The maximum atomic E-state index is 9.52. The first-order valence-electron chi connectivity index (χ1n) is 5.13. The van der Waals surface area contributed by atoms with Gasteiger partial charge in [-0.05, 0) is 0 Å². The first kappa shape index (κ1) is 12.5. The SMILES string of the molecule is C[N+](C)(Cc1ccccc1)CC(O)CCl. The number of rotatable bonds is 5. The van der Waals surface area contributed by atoms with Gasteiger partial charge in [-0.1, -0.05) is 30.3 Å². The molecular weight excluding hydrogens is 210 g/mol. The van der Waals surface area contributed by atoms with Gasteiger partial charge in [0.25, 0.3) is 0 Å². The fraction of sp³-hybridized carbons (Fsp3) is 0.500. The molecule has 0 fully saturated rings. The molecule has 0 heterocycles. The molecule has 2 nitrogen and oxygen atoms in total. The maximum Gasteiger partial charge on any atom is 0.116 e. The summed E-state index contributed by atoms with van der Waals surface area (Å²) in [7, 11) is 4.20. The zero-order valence-electron chi connectivity index (χ0n) is 9.36. The van der Waals surface area contributed by atoms with Gasteiger partial charge in [-0.15, -0.1) is 11.6 Å². The van der Waals surface area contributed by atoms with Gasteiger partial charge >= 0.3 is 0 Å². The van der Waals surface area contributed by atoms with E-state index in [1.807, 2.05) is 18.2 Å². The average molecular weight is 229 g/mol. The molecule has 0 aliphatic carbocycles. The number of aliphatic hydroxyl groups excluding tert-OH is 1. The van der Waals surface area contributed by atoms with Crippen LogP contribution in [0, 0.1) is 0 Å². The highest BCUT2D eigenvalue weighted by Crippen LogP contribution is 2.10. The Hall–Kier alpha value is -0.570. The van der Waals surface area contributed by atoms with Crippen LogP contribution in [0.25, 0.3) is 0 Å². The molecule has 0 saturated carbocycles. The smallest absolute Gasteiger partial charge is 0.116 e. The van der Waals surface area contributed by atoms with E-state index in [0.717, 1.165) is 11.0 Å². The summed E-state index contributed by atoms with van der Waals surface area (Å²) < 4.78 is 0.748. The summed E-state index contributed by atoms with van der Waals surface area (Å²) in [6.45, 7) is 1.59. The van der Waals surface area contributed by atoms with E-state index in [1.54, 1.807) is 0 Å². The highest BCUT2D eigenvalue weighted by Gasteiger charge is 2.20. The van der Waals surface area contributed by atoms with Crippen LogP contribution in [-0.4, -0.2) is 42.2 Å². The summed E-state index contributed by atoms with van der Waals surface area (Å²) in [6, 6.07) is 10.3. The lowest BCUT2D eigenvalue weighted by atomic mass is 10.2. The predicted molar refractivity (Wildman–Crippen MR) is 63.8 cm³/mol. The van der Waals surface area contributed by atoms with Crippen LogP contribution in [0.3, 0.4) is 0 Å². The normalized spacial score (nSPS) is 13.9. The zero-order chi connectivity index (χ0) is 11.3. The van der Waals surface area contributed by atoms with Gasteiger partial charge in [0.15, 0.2) is 0 Å². The van der Waals surface area contributed by atoms with E-state index < -0.39 is 6.10 Å². The van der Waals surface area contributed by atoms with Crippen LogP contribution in [0.4, 0.5) is 0 Å². The first-order valence-corrected chi connectivity index (χ1v) is 5.67. The van der Waals surface area contributed by atoms with E-state index in [2.05, 4.69) is 26.2 Å². The van der Waals surface area contributed by atoms with Crippen LogP contribution < -0.4 is 0 Å². The van der Waals surface area contributed by atoms with E-state index in [0.29, 0.717) is 12.4 Å². The first-order chi connectivity index (χ1) is 7.03. The van der Waals surface area contributed by atoms with E-state index in [9.17, 15) is 5.11 Å². The summed E-state index contributed by atoms with van der Waals surface area (Å²) in [5.41, 5.74) is 1.28. The van der Waals surface area contributed by atoms with Gasteiger partial charge in [0.2, 0.25) is 0 Å². The van der Waals surface area contributed by atoms with Gasteiger partial charge in [-0.3, -0.25) is 0 Å². The molecule has 0 radical (unpaired) electrons. The Kier molecular flexibility index (Phi) is 4.58. The Morgan fingerprint density at radius 2 is 1.87 bits per heavy atom. The van der Waals surface area contributed by atoms with Crippen LogP contribution >= 0.6 is 11.6 Å². The van der Waals surface area contributed by atoms with E-state index in [1.165, 1.54) is 5.56 Å². The minimum Gasteiger partial charge on any atom is -0.386 e. The Balaban J connectivity index is 2.56. The third-order valence-corrected chi connectivity index (χ3v) is 2.69. The van der Waals surface area contributed by atoms with Crippen molar-refractivity contribution >= 4 is 11.6 Å².